The Bertz CT molecular complexity index is 716. The fourth-order valence-electron chi connectivity index (χ4n) is 2.01. The number of nitrogens with zero attached hydrogens (tertiary/aromatic N) is 4. The number of hydrogen-bond acceptors (Lipinski definition) is 5. The first kappa shape index (κ1) is 12.8. The lowest BCUT2D eigenvalue weighted by Gasteiger charge is -2.07. The van der Waals surface area contributed by atoms with E-state index in [1.807, 2.05) is 19.2 Å². The van der Waals surface area contributed by atoms with Gasteiger partial charge in [0.05, 0.1) is 0 Å². The maximum Gasteiger partial charge on any atom is 0.181 e. The second-order valence-corrected chi connectivity index (χ2v) is 5.59. The topological polar surface area (TPSA) is 55.6 Å². The summed E-state index contributed by atoms with van der Waals surface area (Å²) >= 11 is 1.77. The van der Waals surface area contributed by atoms with Gasteiger partial charge in [-0.15, -0.1) is 16.4 Å². The quantitative estimate of drug-likeness (QED) is 0.801. The minimum absolute atomic E-state index is 0.765. The van der Waals surface area contributed by atoms with Crippen LogP contribution in [-0.2, 0) is 13.6 Å². The summed E-state index contributed by atoms with van der Waals surface area (Å²) in [7, 11) is 1.84. The number of aromatic nitrogens is 4. The number of anilines is 1. The molecule has 0 saturated carbocycles. The average Bonchev–Trinajstić information content (AvgIpc) is 3.05. The van der Waals surface area contributed by atoms with E-state index in [4.69, 9.17) is 0 Å². The van der Waals surface area contributed by atoms with Crippen molar-refractivity contribution in [2.75, 3.05) is 5.32 Å². The van der Waals surface area contributed by atoms with Crippen molar-refractivity contribution < 1.29 is 0 Å². The monoisotopic (exact) mass is 285 g/mol. The van der Waals surface area contributed by atoms with Crippen LogP contribution in [0, 0.1) is 6.92 Å². The van der Waals surface area contributed by atoms with Gasteiger partial charge in [0.1, 0.15) is 0 Å². The zero-order chi connectivity index (χ0) is 13.9. The molecule has 0 amide bonds. The van der Waals surface area contributed by atoms with E-state index in [1.54, 1.807) is 16.0 Å². The largest absolute Gasteiger partial charge is 0.380 e. The minimum Gasteiger partial charge on any atom is -0.380 e. The number of aryl methyl sites for hydroxylation is 2. The van der Waals surface area contributed by atoms with Crippen LogP contribution in [-0.4, -0.2) is 20.2 Å². The molecule has 102 valence electrons. The molecule has 20 heavy (non-hydrogen) atoms. The maximum atomic E-state index is 4.03. The minimum atomic E-state index is 0.765. The number of thiophene rings is 1. The van der Waals surface area contributed by atoms with Gasteiger partial charge in [-0.3, -0.25) is 0 Å². The Balaban J connectivity index is 1.78. The molecule has 0 radical (unpaired) electrons. The lowest BCUT2D eigenvalue weighted by Crippen LogP contribution is -2.00. The highest BCUT2D eigenvalue weighted by molar-refractivity contribution is 7.10. The Morgan fingerprint density at radius 3 is 2.90 bits per heavy atom. The first-order valence-corrected chi connectivity index (χ1v) is 7.21. The fraction of sp³-hybridized carbons (Fsp3) is 0.214. The third-order valence-electron chi connectivity index (χ3n) is 3.16. The van der Waals surface area contributed by atoms with E-state index in [0.29, 0.717) is 0 Å². The van der Waals surface area contributed by atoms with Crippen LogP contribution in [0.15, 0.2) is 35.7 Å². The molecule has 1 aromatic carbocycles. The van der Waals surface area contributed by atoms with E-state index in [1.165, 1.54) is 10.4 Å². The summed E-state index contributed by atoms with van der Waals surface area (Å²) in [6, 6.07) is 10.3. The van der Waals surface area contributed by atoms with Gasteiger partial charge < -0.3 is 5.32 Å². The average molecular weight is 285 g/mol. The fourth-order valence-corrected chi connectivity index (χ4v) is 2.86. The molecule has 6 heteroatoms. The summed E-state index contributed by atoms with van der Waals surface area (Å²) in [4.78, 5) is 1.36. The van der Waals surface area contributed by atoms with Gasteiger partial charge in [0.15, 0.2) is 5.82 Å². The third-order valence-corrected chi connectivity index (χ3v) is 4.19. The van der Waals surface area contributed by atoms with E-state index >= 15 is 0 Å². The summed E-state index contributed by atoms with van der Waals surface area (Å²) in [6.45, 7) is 2.97. The van der Waals surface area contributed by atoms with Crippen LogP contribution >= 0.6 is 11.3 Å². The van der Waals surface area contributed by atoms with E-state index in [9.17, 15) is 0 Å². The first-order chi connectivity index (χ1) is 9.74. The summed E-state index contributed by atoms with van der Waals surface area (Å²) in [6.07, 6.45) is 0. The van der Waals surface area contributed by atoms with E-state index < -0.39 is 0 Å². The van der Waals surface area contributed by atoms with Gasteiger partial charge in [0, 0.05) is 29.7 Å². The van der Waals surface area contributed by atoms with Crippen LogP contribution in [0.1, 0.15) is 10.4 Å². The van der Waals surface area contributed by atoms with Crippen molar-refractivity contribution in [1.29, 1.82) is 0 Å². The van der Waals surface area contributed by atoms with Gasteiger partial charge in [-0.2, -0.15) is 0 Å². The molecule has 3 rings (SSSR count). The Morgan fingerprint density at radius 2 is 2.20 bits per heavy atom. The molecule has 0 aliphatic carbocycles. The van der Waals surface area contributed by atoms with Gasteiger partial charge in [0.2, 0.25) is 0 Å². The molecule has 0 aliphatic rings. The first-order valence-electron chi connectivity index (χ1n) is 6.33. The van der Waals surface area contributed by atoms with Crippen molar-refractivity contribution in [2.24, 2.45) is 7.05 Å². The lowest BCUT2D eigenvalue weighted by molar-refractivity contribution is 0.714. The zero-order valence-corrected chi connectivity index (χ0v) is 12.2. The molecule has 0 fully saturated rings. The normalized spacial score (nSPS) is 10.7. The molecular weight excluding hydrogens is 270 g/mol. The predicted molar refractivity (Wildman–Crippen MR) is 80.6 cm³/mol. The molecule has 0 aliphatic heterocycles. The molecule has 2 aromatic heterocycles. The molecule has 0 saturated heterocycles. The van der Waals surface area contributed by atoms with Crippen LogP contribution in [0.4, 0.5) is 5.69 Å². The van der Waals surface area contributed by atoms with Crippen LogP contribution in [0.3, 0.4) is 0 Å². The second-order valence-electron chi connectivity index (χ2n) is 4.59. The number of rotatable bonds is 4. The lowest BCUT2D eigenvalue weighted by atomic mass is 10.2. The van der Waals surface area contributed by atoms with Crippen LogP contribution in [0.2, 0.25) is 0 Å². The Hall–Kier alpha value is -2.21. The molecule has 1 N–H and O–H groups in total. The van der Waals surface area contributed by atoms with Crippen LogP contribution in [0.5, 0.6) is 0 Å². The Morgan fingerprint density at radius 1 is 1.30 bits per heavy atom. The van der Waals surface area contributed by atoms with E-state index in [-0.39, 0.29) is 0 Å². The number of tetrazole rings is 1. The summed E-state index contributed by atoms with van der Waals surface area (Å²) in [5.41, 5.74) is 3.40. The predicted octanol–water partition coefficient (Wildman–Crippen LogP) is 2.86. The van der Waals surface area contributed by atoms with Gasteiger partial charge in [-0.25, -0.2) is 4.68 Å². The Labute approximate surface area is 121 Å². The Kier molecular flexibility index (Phi) is 3.47. The molecule has 0 bridgehead atoms. The third kappa shape index (κ3) is 2.55. The van der Waals surface area contributed by atoms with E-state index in [0.717, 1.165) is 23.6 Å². The molecule has 0 atom stereocenters. The van der Waals surface area contributed by atoms with Crippen molar-refractivity contribution in [3.8, 4) is 11.4 Å². The highest BCUT2D eigenvalue weighted by Crippen LogP contribution is 2.21. The summed E-state index contributed by atoms with van der Waals surface area (Å²) < 4.78 is 1.67. The summed E-state index contributed by atoms with van der Waals surface area (Å²) in [5, 5.41) is 17.1. The molecule has 0 spiro atoms. The van der Waals surface area contributed by atoms with Gasteiger partial charge in [0.25, 0.3) is 0 Å². The second kappa shape index (κ2) is 5.42. The zero-order valence-electron chi connectivity index (χ0n) is 11.4. The highest BCUT2D eigenvalue weighted by Gasteiger charge is 2.06. The van der Waals surface area contributed by atoms with Crippen molar-refractivity contribution in [1.82, 2.24) is 20.2 Å². The van der Waals surface area contributed by atoms with Crippen LogP contribution in [0.25, 0.3) is 11.4 Å². The highest BCUT2D eigenvalue weighted by atomic mass is 32.1. The van der Waals surface area contributed by atoms with Crippen molar-refractivity contribution in [2.45, 2.75) is 13.5 Å². The molecular formula is C14H15N5S. The molecule has 3 aromatic rings. The molecule has 0 unspecified atom stereocenters. The number of benzene rings is 1. The van der Waals surface area contributed by atoms with Crippen molar-refractivity contribution in [3.05, 3.63) is 46.2 Å². The van der Waals surface area contributed by atoms with Gasteiger partial charge >= 0.3 is 0 Å². The van der Waals surface area contributed by atoms with Gasteiger partial charge in [-0.1, -0.05) is 12.1 Å². The van der Waals surface area contributed by atoms with Crippen LogP contribution < -0.4 is 5.32 Å². The molecule has 5 nitrogen and oxygen atoms in total. The number of hydrogen-bond donors (Lipinski definition) is 1. The standard InChI is InChI=1S/C14H15N5S/c1-10-6-7-20-13(10)9-15-12-5-3-4-11(8-12)14-16-17-18-19(14)2/h3-8,15H,9H2,1-2H3. The van der Waals surface area contributed by atoms with Crippen molar-refractivity contribution in [3.63, 3.8) is 0 Å². The van der Waals surface area contributed by atoms with Crippen molar-refractivity contribution >= 4 is 17.0 Å². The smallest absolute Gasteiger partial charge is 0.181 e. The SMILES string of the molecule is Cc1ccsc1CNc1cccc(-c2nnnn2C)c1. The summed E-state index contributed by atoms with van der Waals surface area (Å²) in [5.74, 6) is 0.765. The van der Waals surface area contributed by atoms with E-state index in [2.05, 4.69) is 51.3 Å². The number of nitrogens with one attached hydrogen (secondary N) is 1. The molecule has 2 heterocycles. The maximum absolute atomic E-state index is 4.03. The van der Waals surface area contributed by atoms with Gasteiger partial charge in [-0.05, 0) is 46.5 Å².